The lowest BCUT2D eigenvalue weighted by Crippen LogP contribution is -2.04. The van der Waals surface area contributed by atoms with Crippen LogP contribution in [0.3, 0.4) is 0 Å². The molecule has 0 saturated heterocycles. The average molecular weight is 310 g/mol. The van der Waals surface area contributed by atoms with Crippen LogP contribution in [-0.2, 0) is 4.74 Å². The SMILES string of the molecule is COC(=O)c1cc(Sc2ccccc2)n(-c2ccccc2)n1. The topological polar surface area (TPSA) is 44.1 Å². The molecule has 5 heteroatoms. The highest BCUT2D eigenvalue weighted by Gasteiger charge is 2.16. The zero-order valence-corrected chi connectivity index (χ0v) is 12.8. The minimum absolute atomic E-state index is 0.296. The minimum Gasteiger partial charge on any atom is -0.464 e. The number of para-hydroxylation sites is 1. The van der Waals surface area contributed by atoms with Gasteiger partial charge in [-0.2, -0.15) is 5.10 Å². The quantitative estimate of drug-likeness (QED) is 0.687. The van der Waals surface area contributed by atoms with E-state index in [-0.39, 0.29) is 0 Å². The Labute approximate surface area is 132 Å². The molecule has 0 aliphatic carbocycles. The second-order valence-corrected chi connectivity index (χ2v) is 5.62. The van der Waals surface area contributed by atoms with Crippen LogP contribution in [0.1, 0.15) is 10.5 Å². The summed E-state index contributed by atoms with van der Waals surface area (Å²) in [5, 5.41) is 5.23. The van der Waals surface area contributed by atoms with Gasteiger partial charge in [-0.05, 0) is 24.3 Å². The van der Waals surface area contributed by atoms with Crippen LogP contribution >= 0.6 is 11.8 Å². The summed E-state index contributed by atoms with van der Waals surface area (Å²) < 4.78 is 6.52. The molecule has 110 valence electrons. The van der Waals surface area contributed by atoms with E-state index in [2.05, 4.69) is 5.10 Å². The highest BCUT2D eigenvalue weighted by atomic mass is 32.2. The lowest BCUT2D eigenvalue weighted by atomic mass is 10.3. The van der Waals surface area contributed by atoms with Gasteiger partial charge < -0.3 is 4.74 Å². The van der Waals surface area contributed by atoms with Crippen molar-refractivity contribution in [3.05, 3.63) is 72.4 Å². The Morgan fingerprint density at radius 3 is 2.32 bits per heavy atom. The Morgan fingerprint density at radius 2 is 1.68 bits per heavy atom. The van der Waals surface area contributed by atoms with E-state index in [0.717, 1.165) is 15.6 Å². The predicted molar refractivity (Wildman–Crippen MR) is 85.5 cm³/mol. The van der Waals surface area contributed by atoms with Crippen molar-refractivity contribution in [1.29, 1.82) is 0 Å². The number of nitrogens with zero attached hydrogens (tertiary/aromatic N) is 2. The third-order valence-corrected chi connectivity index (χ3v) is 4.05. The second kappa shape index (κ2) is 6.49. The molecule has 2 aromatic carbocycles. The lowest BCUT2D eigenvalue weighted by molar-refractivity contribution is 0.0593. The molecule has 0 fully saturated rings. The number of rotatable bonds is 4. The van der Waals surface area contributed by atoms with Gasteiger partial charge in [0.2, 0.25) is 0 Å². The first kappa shape index (κ1) is 14.4. The van der Waals surface area contributed by atoms with Crippen molar-refractivity contribution in [3.8, 4) is 5.69 Å². The van der Waals surface area contributed by atoms with Crippen molar-refractivity contribution in [2.24, 2.45) is 0 Å². The van der Waals surface area contributed by atoms with Gasteiger partial charge in [0, 0.05) is 11.0 Å². The number of hydrogen-bond acceptors (Lipinski definition) is 4. The number of carbonyl (C=O) groups excluding carboxylic acids is 1. The number of esters is 1. The number of hydrogen-bond donors (Lipinski definition) is 0. The fourth-order valence-electron chi connectivity index (χ4n) is 2.00. The zero-order chi connectivity index (χ0) is 15.4. The minimum atomic E-state index is -0.440. The Hall–Kier alpha value is -2.53. The molecule has 0 aliphatic heterocycles. The Morgan fingerprint density at radius 1 is 1.05 bits per heavy atom. The summed E-state index contributed by atoms with van der Waals surface area (Å²) in [4.78, 5) is 12.8. The van der Waals surface area contributed by atoms with E-state index in [4.69, 9.17) is 4.74 Å². The van der Waals surface area contributed by atoms with Gasteiger partial charge in [-0.15, -0.1) is 0 Å². The van der Waals surface area contributed by atoms with Gasteiger partial charge in [-0.1, -0.05) is 48.2 Å². The van der Waals surface area contributed by atoms with Crippen molar-refractivity contribution in [3.63, 3.8) is 0 Å². The first-order valence-electron chi connectivity index (χ1n) is 6.74. The van der Waals surface area contributed by atoms with Crippen molar-refractivity contribution in [2.45, 2.75) is 9.92 Å². The van der Waals surface area contributed by atoms with Crippen molar-refractivity contribution < 1.29 is 9.53 Å². The third kappa shape index (κ3) is 3.04. The van der Waals surface area contributed by atoms with Crippen LogP contribution in [0.2, 0.25) is 0 Å². The smallest absolute Gasteiger partial charge is 0.358 e. The highest BCUT2D eigenvalue weighted by Crippen LogP contribution is 2.30. The molecule has 4 nitrogen and oxygen atoms in total. The van der Waals surface area contributed by atoms with Gasteiger partial charge in [0.1, 0.15) is 5.03 Å². The Kier molecular flexibility index (Phi) is 4.25. The van der Waals surface area contributed by atoms with Crippen LogP contribution in [-0.4, -0.2) is 22.9 Å². The predicted octanol–water partition coefficient (Wildman–Crippen LogP) is 3.81. The monoisotopic (exact) mass is 310 g/mol. The van der Waals surface area contributed by atoms with Gasteiger partial charge in [0.15, 0.2) is 5.69 Å². The van der Waals surface area contributed by atoms with Gasteiger partial charge >= 0.3 is 5.97 Å². The maximum absolute atomic E-state index is 11.8. The Balaban J connectivity index is 2.03. The molecule has 0 atom stereocenters. The molecule has 0 spiro atoms. The molecule has 0 unspecified atom stereocenters. The van der Waals surface area contributed by atoms with E-state index >= 15 is 0 Å². The standard InChI is InChI=1S/C17H14N2O2S/c1-21-17(20)15-12-16(22-14-10-6-3-7-11-14)19(18-15)13-8-4-2-5-9-13/h2-12H,1H3. The fraction of sp³-hybridized carbons (Fsp3) is 0.0588. The first-order chi connectivity index (χ1) is 10.8. The summed E-state index contributed by atoms with van der Waals surface area (Å²) in [7, 11) is 1.36. The number of carbonyl (C=O) groups is 1. The zero-order valence-electron chi connectivity index (χ0n) is 12.0. The highest BCUT2D eigenvalue weighted by molar-refractivity contribution is 7.99. The van der Waals surface area contributed by atoms with Crippen LogP contribution in [0.25, 0.3) is 5.69 Å². The van der Waals surface area contributed by atoms with Crippen LogP contribution < -0.4 is 0 Å². The molecule has 0 aliphatic rings. The van der Waals surface area contributed by atoms with Crippen LogP contribution in [0.5, 0.6) is 0 Å². The van der Waals surface area contributed by atoms with Gasteiger partial charge in [0.05, 0.1) is 12.8 Å². The van der Waals surface area contributed by atoms with Crippen molar-refractivity contribution in [2.75, 3.05) is 7.11 Å². The van der Waals surface area contributed by atoms with Gasteiger partial charge in [0.25, 0.3) is 0 Å². The molecule has 22 heavy (non-hydrogen) atoms. The van der Waals surface area contributed by atoms with E-state index in [1.165, 1.54) is 7.11 Å². The normalized spacial score (nSPS) is 10.4. The van der Waals surface area contributed by atoms with E-state index in [9.17, 15) is 4.79 Å². The molecule has 3 aromatic rings. The summed E-state index contributed by atoms with van der Waals surface area (Å²) in [6, 6.07) is 21.4. The molecule has 0 bridgehead atoms. The van der Waals surface area contributed by atoms with Crippen LogP contribution in [0.4, 0.5) is 0 Å². The molecule has 1 aromatic heterocycles. The number of benzene rings is 2. The van der Waals surface area contributed by atoms with Gasteiger partial charge in [-0.3, -0.25) is 0 Å². The second-order valence-electron chi connectivity index (χ2n) is 4.52. The molecule has 0 amide bonds. The first-order valence-corrected chi connectivity index (χ1v) is 7.56. The maximum atomic E-state index is 11.8. The van der Waals surface area contributed by atoms with Crippen molar-refractivity contribution in [1.82, 2.24) is 9.78 Å². The fourth-order valence-corrected chi connectivity index (χ4v) is 2.94. The van der Waals surface area contributed by atoms with E-state index in [0.29, 0.717) is 5.69 Å². The number of ether oxygens (including phenoxy) is 1. The summed E-state index contributed by atoms with van der Waals surface area (Å²) in [5.41, 5.74) is 1.20. The van der Waals surface area contributed by atoms with E-state index < -0.39 is 5.97 Å². The lowest BCUT2D eigenvalue weighted by Gasteiger charge is -2.06. The Bertz CT molecular complexity index is 770. The summed E-state index contributed by atoms with van der Waals surface area (Å²) in [6.45, 7) is 0. The van der Waals surface area contributed by atoms with E-state index in [1.807, 2.05) is 60.7 Å². The molecular weight excluding hydrogens is 296 g/mol. The average Bonchev–Trinajstić information content (AvgIpc) is 3.00. The molecule has 0 radical (unpaired) electrons. The molecule has 0 N–H and O–H groups in total. The molecular formula is C17H14N2O2S. The number of methoxy groups -OCH3 is 1. The van der Waals surface area contributed by atoms with E-state index in [1.54, 1.807) is 22.5 Å². The summed E-state index contributed by atoms with van der Waals surface area (Å²) in [6.07, 6.45) is 0. The summed E-state index contributed by atoms with van der Waals surface area (Å²) in [5.74, 6) is -0.440. The van der Waals surface area contributed by atoms with Crippen LogP contribution in [0.15, 0.2) is 76.7 Å². The van der Waals surface area contributed by atoms with Gasteiger partial charge in [-0.25, -0.2) is 9.48 Å². The molecule has 0 saturated carbocycles. The molecule has 3 rings (SSSR count). The number of aromatic nitrogens is 2. The molecule has 1 heterocycles. The third-order valence-electron chi connectivity index (χ3n) is 3.04. The maximum Gasteiger partial charge on any atom is 0.358 e. The van der Waals surface area contributed by atoms with Crippen LogP contribution in [0, 0.1) is 0 Å². The largest absolute Gasteiger partial charge is 0.464 e. The van der Waals surface area contributed by atoms with Crippen molar-refractivity contribution >= 4 is 17.7 Å². The summed E-state index contributed by atoms with van der Waals surface area (Å²) >= 11 is 1.55.